The van der Waals surface area contributed by atoms with Crippen LogP contribution in [0.3, 0.4) is 0 Å². The predicted octanol–water partition coefficient (Wildman–Crippen LogP) is 2.60. The summed E-state index contributed by atoms with van der Waals surface area (Å²) in [4.78, 5) is 11.6. The summed E-state index contributed by atoms with van der Waals surface area (Å²) in [7, 11) is 1.66. The Morgan fingerprint density at radius 1 is 1.35 bits per heavy atom. The SMILES string of the molecule is CCC(=O)NC1(c2ccc(OC)cc2)CCC1. The molecule has 1 aliphatic carbocycles. The maximum Gasteiger partial charge on any atom is 0.220 e. The van der Waals surface area contributed by atoms with Crippen LogP contribution >= 0.6 is 0 Å². The van der Waals surface area contributed by atoms with Crippen molar-refractivity contribution in [2.75, 3.05) is 7.11 Å². The van der Waals surface area contributed by atoms with Gasteiger partial charge in [-0.3, -0.25) is 4.79 Å². The number of hydrogen-bond acceptors (Lipinski definition) is 2. The van der Waals surface area contributed by atoms with E-state index in [0.29, 0.717) is 6.42 Å². The lowest BCUT2D eigenvalue weighted by atomic mass is 9.71. The highest BCUT2D eigenvalue weighted by molar-refractivity contribution is 5.76. The summed E-state index contributed by atoms with van der Waals surface area (Å²) >= 11 is 0. The van der Waals surface area contributed by atoms with Crippen LogP contribution in [0.1, 0.15) is 38.2 Å². The van der Waals surface area contributed by atoms with E-state index >= 15 is 0 Å². The molecule has 0 atom stereocenters. The standard InChI is InChI=1S/C14H19NO2/c1-3-13(16)15-14(9-4-10-14)11-5-7-12(17-2)8-6-11/h5-8H,3-4,9-10H2,1-2H3,(H,15,16). The van der Waals surface area contributed by atoms with Gasteiger partial charge in [-0.1, -0.05) is 19.1 Å². The normalized spacial score (nSPS) is 17.1. The van der Waals surface area contributed by atoms with Gasteiger partial charge in [-0.15, -0.1) is 0 Å². The van der Waals surface area contributed by atoms with Gasteiger partial charge in [0.1, 0.15) is 5.75 Å². The quantitative estimate of drug-likeness (QED) is 0.868. The van der Waals surface area contributed by atoms with Gasteiger partial charge in [0.25, 0.3) is 0 Å². The van der Waals surface area contributed by atoms with Crippen LogP contribution < -0.4 is 10.1 Å². The summed E-state index contributed by atoms with van der Waals surface area (Å²) in [5.41, 5.74) is 1.06. The molecule has 17 heavy (non-hydrogen) atoms. The summed E-state index contributed by atoms with van der Waals surface area (Å²) in [5.74, 6) is 0.977. The van der Waals surface area contributed by atoms with Gasteiger partial charge in [-0.25, -0.2) is 0 Å². The Hall–Kier alpha value is -1.51. The van der Waals surface area contributed by atoms with E-state index in [9.17, 15) is 4.79 Å². The number of rotatable bonds is 4. The highest BCUT2D eigenvalue weighted by Gasteiger charge is 2.39. The van der Waals surface area contributed by atoms with Gasteiger partial charge in [0.05, 0.1) is 12.6 Å². The van der Waals surface area contributed by atoms with E-state index in [1.807, 2.05) is 31.2 Å². The molecule has 0 bridgehead atoms. The molecule has 3 heteroatoms. The van der Waals surface area contributed by atoms with Crippen molar-refractivity contribution in [2.45, 2.75) is 38.1 Å². The van der Waals surface area contributed by atoms with E-state index in [0.717, 1.165) is 18.6 Å². The van der Waals surface area contributed by atoms with Crippen molar-refractivity contribution in [2.24, 2.45) is 0 Å². The molecule has 1 fully saturated rings. The van der Waals surface area contributed by atoms with Crippen LogP contribution in [0.25, 0.3) is 0 Å². The van der Waals surface area contributed by atoms with Crippen LogP contribution in [-0.2, 0) is 10.3 Å². The number of methoxy groups -OCH3 is 1. The first-order valence-corrected chi connectivity index (χ1v) is 6.16. The summed E-state index contributed by atoms with van der Waals surface area (Å²) in [6.07, 6.45) is 3.78. The molecular weight excluding hydrogens is 214 g/mol. The van der Waals surface area contributed by atoms with Crippen LogP contribution in [0.5, 0.6) is 5.75 Å². The Labute approximate surface area is 102 Å². The first kappa shape index (κ1) is 12.0. The van der Waals surface area contributed by atoms with E-state index in [2.05, 4.69) is 5.32 Å². The molecule has 0 radical (unpaired) electrons. The van der Waals surface area contributed by atoms with E-state index in [-0.39, 0.29) is 11.4 Å². The van der Waals surface area contributed by atoms with Crippen LogP contribution in [0, 0.1) is 0 Å². The molecule has 0 unspecified atom stereocenters. The Morgan fingerprint density at radius 3 is 2.41 bits per heavy atom. The molecule has 3 nitrogen and oxygen atoms in total. The lowest BCUT2D eigenvalue weighted by Gasteiger charge is -2.43. The molecule has 0 heterocycles. The monoisotopic (exact) mass is 233 g/mol. The first-order valence-electron chi connectivity index (χ1n) is 6.16. The van der Waals surface area contributed by atoms with Crippen molar-refractivity contribution < 1.29 is 9.53 Å². The van der Waals surface area contributed by atoms with Crippen molar-refractivity contribution in [1.29, 1.82) is 0 Å². The van der Waals surface area contributed by atoms with Crippen LogP contribution in [0.2, 0.25) is 0 Å². The van der Waals surface area contributed by atoms with E-state index < -0.39 is 0 Å². The zero-order chi connectivity index (χ0) is 12.3. The van der Waals surface area contributed by atoms with Crippen molar-refractivity contribution in [3.63, 3.8) is 0 Å². The minimum atomic E-state index is -0.126. The van der Waals surface area contributed by atoms with Gasteiger partial charge in [0.2, 0.25) is 5.91 Å². The fraction of sp³-hybridized carbons (Fsp3) is 0.500. The summed E-state index contributed by atoms with van der Waals surface area (Å²) in [6.45, 7) is 1.88. The number of hydrogen-bond donors (Lipinski definition) is 1. The number of benzene rings is 1. The molecular formula is C14H19NO2. The topological polar surface area (TPSA) is 38.3 Å². The summed E-state index contributed by atoms with van der Waals surface area (Å²) < 4.78 is 5.15. The van der Waals surface area contributed by atoms with E-state index in [1.165, 1.54) is 12.0 Å². The Morgan fingerprint density at radius 2 is 2.00 bits per heavy atom. The summed E-state index contributed by atoms with van der Waals surface area (Å²) in [6, 6.07) is 8.00. The molecule has 1 saturated carbocycles. The lowest BCUT2D eigenvalue weighted by molar-refractivity contribution is -0.124. The highest BCUT2D eigenvalue weighted by atomic mass is 16.5. The molecule has 1 aliphatic rings. The molecule has 0 aliphatic heterocycles. The minimum absolute atomic E-state index is 0.125. The third-order valence-electron chi connectivity index (χ3n) is 3.55. The lowest BCUT2D eigenvalue weighted by Crippen LogP contribution is -2.50. The van der Waals surface area contributed by atoms with Crippen LogP contribution in [0.4, 0.5) is 0 Å². The fourth-order valence-electron chi connectivity index (χ4n) is 2.28. The van der Waals surface area contributed by atoms with Gasteiger partial charge in [0.15, 0.2) is 0 Å². The predicted molar refractivity (Wildman–Crippen MR) is 67.0 cm³/mol. The molecule has 0 aromatic heterocycles. The molecule has 1 N–H and O–H groups in total. The minimum Gasteiger partial charge on any atom is -0.497 e. The number of amides is 1. The second-order valence-electron chi connectivity index (χ2n) is 4.57. The van der Waals surface area contributed by atoms with Crippen molar-refractivity contribution in [1.82, 2.24) is 5.32 Å². The molecule has 2 rings (SSSR count). The molecule has 92 valence electrons. The third-order valence-corrected chi connectivity index (χ3v) is 3.55. The van der Waals surface area contributed by atoms with Crippen LogP contribution in [0.15, 0.2) is 24.3 Å². The smallest absolute Gasteiger partial charge is 0.220 e. The zero-order valence-electron chi connectivity index (χ0n) is 10.5. The zero-order valence-corrected chi connectivity index (χ0v) is 10.5. The molecule has 1 aromatic rings. The van der Waals surface area contributed by atoms with Crippen molar-refractivity contribution in [3.8, 4) is 5.75 Å². The third kappa shape index (κ3) is 2.28. The van der Waals surface area contributed by atoms with Crippen molar-refractivity contribution in [3.05, 3.63) is 29.8 Å². The summed E-state index contributed by atoms with van der Waals surface area (Å²) in [5, 5.41) is 3.15. The van der Waals surface area contributed by atoms with Gasteiger partial charge in [-0.05, 0) is 37.0 Å². The average molecular weight is 233 g/mol. The van der Waals surface area contributed by atoms with Crippen molar-refractivity contribution >= 4 is 5.91 Å². The number of carbonyl (C=O) groups excluding carboxylic acids is 1. The average Bonchev–Trinajstić information content (AvgIpc) is 2.33. The molecule has 1 amide bonds. The maximum absolute atomic E-state index is 11.6. The fourth-order valence-corrected chi connectivity index (χ4v) is 2.28. The Kier molecular flexibility index (Phi) is 3.36. The van der Waals surface area contributed by atoms with Gasteiger partial charge < -0.3 is 10.1 Å². The van der Waals surface area contributed by atoms with E-state index in [1.54, 1.807) is 7.11 Å². The Bertz CT molecular complexity index is 393. The highest BCUT2D eigenvalue weighted by Crippen LogP contribution is 2.41. The molecule has 0 saturated heterocycles. The van der Waals surface area contributed by atoms with Gasteiger partial charge >= 0.3 is 0 Å². The Balaban J connectivity index is 2.19. The van der Waals surface area contributed by atoms with Crippen LogP contribution in [-0.4, -0.2) is 13.0 Å². The molecule has 0 spiro atoms. The van der Waals surface area contributed by atoms with E-state index in [4.69, 9.17) is 4.74 Å². The first-order chi connectivity index (χ1) is 8.20. The molecule has 1 aromatic carbocycles. The number of ether oxygens (including phenoxy) is 1. The maximum atomic E-state index is 11.6. The largest absolute Gasteiger partial charge is 0.497 e. The second-order valence-corrected chi connectivity index (χ2v) is 4.57. The number of carbonyl (C=O) groups is 1. The second kappa shape index (κ2) is 4.78. The van der Waals surface area contributed by atoms with Gasteiger partial charge in [-0.2, -0.15) is 0 Å². The van der Waals surface area contributed by atoms with Gasteiger partial charge in [0, 0.05) is 6.42 Å². The number of nitrogens with one attached hydrogen (secondary N) is 1.